The average Bonchev–Trinajstić information content (AvgIpc) is 2.40. The Labute approximate surface area is 118 Å². The fraction of sp³-hybridized carbons (Fsp3) is 0.667. The molecular formula is C12H17FN2O6. The number of aliphatic hydroxyl groups is 2. The molecule has 0 radical (unpaired) electrons. The Kier molecular flexibility index (Phi) is 4.28. The number of nitrogens with one attached hydrogen (secondary N) is 1. The standard InChI is InChI=1S/C12H17FN2O6/c1-12(2)20-5-6(16)9(21-12)8(18)10(13)15-4-3-7(17)14-11(15)19/h3-4,6,8-10,16,18H,5H2,1-2H3,(H,14,17,19)/t6-,8-,9-,10?/m1/s1. The van der Waals surface area contributed by atoms with Crippen LogP contribution in [0.3, 0.4) is 0 Å². The summed E-state index contributed by atoms with van der Waals surface area (Å²) in [6, 6.07) is 0.950. The van der Waals surface area contributed by atoms with Gasteiger partial charge in [0.1, 0.15) is 18.3 Å². The molecular weight excluding hydrogens is 287 g/mol. The van der Waals surface area contributed by atoms with Crippen molar-refractivity contribution < 1.29 is 24.1 Å². The highest BCUT2D eigenvalue weighted by atomic mass is 19.1. The van der Waals surface area contributed by atoms with Crippen LogP contribution in [0.25, 0.3) is 0 Å². The van der Waals surface area contributed by atoms with E-state index in [1.807, 2.05) is 4.98 Å². The first kappa shape index (κ1) is 15.8. The summed E-state index contributed by atoms with van der Waals surface area (Å²) in [4.78, 5) is 24.3. The van der Waals surface area contributed by atoms with Crippen LogP contribution in [0.2, 0.25) is 0 Å². The molecule has 4 atom stereocenters. The highest BCUT2D eigenvalue weighted by molar-refractivity contribution is 4.90. The first-order valence-electron chi connectivity index (χ1n) is 6.35. The van der Waals surface area contributed by atoms with Crippen LogP contribution >= 0.6 is 0 Å². The van der Waals surface area contributed by atoms with Gasteiger partial charge in [-0.25, -0.2) is 9.18 Å². The van der Waals surface area contributed by atoms with Gasteiger partial charge in [0.15, 0.2) is 5.79 Å². The number of hydrogen-bond donors (Lipinski definition) is 3. The minimum absolute atomic E-state index is 0.137. The van der Waals surface area contributed by atoms with Gasteiger partial charge in [-0.2, -0.15) is 0 Å². The SMILES string of the molecule is CC1(C)OC[C@@H](O)[C@H]([C@@H](O)C(F)n2ccc(=O)[nH]c2=O)O1. The maximum atomic E-state index is 14.3. The predicted molar refractivity (Wildman–Crippen MR) is 68.4 cm³/mol. The maximum absolute atomic E-state index is 14.3. The molecule has 1 saturated heterocycles. The third-order valence-electron chi connectivity index (χ3n) is 3.14. The molecule has 1 aliphatic rings. The lowest BCUT2D eigenvalue weighted by Gasteiger charge is -2.41. The zero-order valence-electron chi connectivity index (χ0n) is 11.5. The largest absolute Gasteiger partial charge is 0.388 e. The summed E-state index contributed by atoms with van der Waals surface area (Å²) < 4.78 is 25.3. The van der Waals surface area contributed by atoms with E-state index in [1.54, 1.807) is 13.8 Å². The van der Waals surface area contributed by atoms with Crippen molar-refractivity contribution in [3.8, 4) is 0 Å². The molecule has 1 aromatic rings. The zero-order chi connectivity index (χ0) is 15.8. The molecule has 0 saturated carbocycles. The van der Waals surface area contributed by atoms with Gasteiger partial charge in [0.05, 0.1) is 6.61 Å². The molecule has 118 valence electrons. The molecule has 0 spiro atoms. The molecule has 8 nitrogen and oxygen atoms in total. The molecule has 0 amide bonds. The summed E-state index contributed by atoms with van der Waals surface area (Å²) in [7, 11) is 0. The highest BCUT2D eigenvalue weighted by Crippen LogP contribution is 2.28. The number of aliphatic hydroxyl groups excluding tert-OH is 2. The van der Waals surface area contributed by atoms with Crippen LogP contribution in [-0.2, 0) is 9.47 Å². The van der Waals surface area contributed by atoms with Crippen molar-refractivity contribution in [3.05, 3.63) is 33.1 Å². The van der Waals surface area contributed by atoms with Gasteiger partial charge in [-0.15, -0.1) is 0 Å². The zero-order valence-corrected chi connectivity index (χ0v) is 11.5. The monoisotopic (exact) mass is 304 g/mol. The molecule has 21 heavy (non-hydrogen) atoms. The Balaban J connectivity index is 2.23. The van der Waals surface area contributed by atoms with Crippen LogP contribution in [0.4, 0.5) is 4.39 Å². The van der Waals surface area contributed by atoms with Gasteiger partial charge in [0.2, 0.25) is 6.30 Å². The van der Waals surface area contributed by atoms with E-state index in [0.29, 0.717) is 4.57 Å². The van der Waals surface area contributed by atoms with E-state index >= 15 is 0 Å². The maximum Gasteiger partial charge on any atom is 0.330 e. The van der Waals surface area contributed by atoms with Gasteiger partial charge in [-0.05, 0) is 13.8 Å². The molecule has 1 unspecified atom stereocenters. The molecule has 1 fully saturated rings. The molecule has 0 aromatic carbocycles. The van der Waals surface area contributed by atoms with Crippen molar-refractivity contribution in [2.24, 2.45) is 0 Å². The predicted octanol–water partition coefficient (Wildman–Crippen LogP) is -1.12. The normalized spacial score (nSPS) is 28.0. The van der Waals surface area contributed by atoms with Gasteiger partial charge in [-0.1, -0.05) is 0 Å². The van der Waals surface area contributed by atoms with Crippen molar-refractivity contribution in [2.75, 3.05) is 6.61 Å². The van der Waals surface area contributed by atoms with Crippen LogP contribution < -0.4 is 11.2 Å². The lowest BCUT2D eigenvalue weighted by atomic mass is 10.1. The molecule has 0 aliphatic carbocycles. The van der Waals surface area contributed by atoms with Crippen molar-refractivity contribution in [3.63, 3.8) is 0 Å². The Morgan fingerprint density at radius 2 is 2.19 bits per heavy atom. The number of H-pyrrole nitrogens is 1. The third kappa shape index (κ3) is 3.38. The smallest absolute Gasteiger partial charge is 0.330 e. The summed E-state index contributed by atoms with van der Waals surface area (Å²) >= 11 is 0. The third-order valence-corrected chi connectivity index (χ3v) is 3.14. The van der Waals surface area contributed by atoms with E-state index < -0.39 is 41.6 Å². The van der Waals surface area contributed by atoms with E-state index in [2.05, 4.69) is 0 Å². The van der Waals surface area contributed by atoms with Crippen LogP contribution in [0.15, 0.2) is 21.9 Å². The Morgan fingerprint density at radius 1 is 1.52 bits per heavy atom. The van der Waals surface area contributed by atoms with Gasteiger partial charge in [-0.3, -0.25) is 14.3 Å². The number of aromatic amines is 1. The topological polar surface area (TPSA) is 114 Å². The Bertz CT molecular complexity index is 612. The molecule has 3 N–H and O–H groups in total. The lowest BCUT2D eigenvalue weighted by Crippen LogP contribution is -2.55. The summed E-state index contributed by atoms with van der Waals surface area (Å²) in [5.74, 6) is -1.10. The van der Waals surface area contributed by atoms with Crippen molar-refractivity contribution in [1.29, 1.82) is 0 Å². The molecule has 1 aromatic heterocycles. The summed E-state index contributed by atoms with van der Waals surface area (Å²) in [6.45, 7) is 2.97. The summed E-state index contributed by atoms with van der Waals surface area (Å²) in [6.07, 6.45) is -5.60. The van der Waals surface area contributed by atoms with Crippen molar-refractivity contribution >= 4 is 0 Å². The number of halogens is 1. The average molecular weight is 304 g/mol. The van der Waals surface area contributed by atoms with Crippen LogP contribution in [0, 0.1) is 0 Å². The van der Waals surface area contributed by atoms with Crippen LogP contribution in [0.5, 0.6) is 0 Å². The molecule has 9 heteroatoms. The van der Waals surface area contributed by atoms with Crippen molar-refractivity contribution in [2.45, 2.75) is 44.2 Å². The fourth-order valence-electron chi connectivity index (χ4n) is 2.06. The van der Waals surface area contributed by atoms with E-state index in [1.165, 1.54) is 0 Å². The Morgan fingerprint density at radius 3 is 2.81 bits per heavy atom. The lowest BCUT2D eigenvalue weighted by molar-refractivity contribution is -0.324. The van der Waals surface area contributed by atoms with E-state index in [-0.39, 0.29) is 6.61 Å². The van der Waals surface area contributed by atoms with Crippen molar-refractivity contribution in [1.82, 2.24) is 9.55 Å². The van der Waals surface area contributed by atoms with E-state index in [0.717, 1.165) is 12.3 Å². The second-order valence-electron chi connectivity index (χ2n) is 5.24. The minimum atomic E-state index is -2.19. The number of hydrogen-bond acceptors (Lipinski definition) is 6. The number of alkyl halides is 1. The number of ether oxygens (including phenoxy) is 2. The van der Waals surface area contributed by atoms with E-state index in [9.17, 15) is 24.2 Å². The van der Waals surface area contributed by atoms with Gasteiger partial charge < -0.3 is 19.7 Å². The molecule has 2 heterocycles. The van der Waals surface area contributed by atoms with Gasteiger partial charge in [0, 0.05) is 12.3 Å². The highest BCUT2D eigenvalue weighted by Gasteiger charge is 2.43. The molecule has 1 aliphatic heterocycles. The van der Waals surface area contributed by atoms with Crippen LogP contribution in [-0.4, -0.2) is 50.5 Å². The fourth-order valence-corrected chi connectivity index (χ4v) is 2.06. The van der Waals surface area contributed by atoms with Crippen LogP contribution in [0.1, 0.15) is 20.1 Å². The second-order valence-corrected chi connectivity index (χ2v) is 5.24. The Hall–Kier alpha value is -1.55. The summed E-state index contributed by atoms with van der Waals surface area (Å²) in [5.41, 5.74) is -1.68. The first-order valence-corrected chi connectivity index (χ1v) is 6.35. The second kappa shape index (κ2) is 5.68. The number of nitrogens with zero attached hydrogens (tertiary/aromatic N) is 1. The van der Waals surface area contributed by atoms with Gasteiger partial charge >= 0.3 is 5.69 Å². The number of rotatable bonds is 3. The molecule has 0 bridgehead atoms. The number of aromatic nitrogens is 2. The molecule has 2 rings (SSSR count). The first-order chi connectivity index (χ1) is 9.71. The van der Waals surface area contributed by atoms with Gasteiger partial charge in [0.25, 0.3) is 5.56 Å². The van der Waals surface area contributed by atoms with E-state index in [4.69, 9.17) is 9.47 Å². The minimum Gasteiger partial charge on any atom is -0.388 e. The summed E-state index contributed by atoms with van der Waals surface area (Å²) in [5, 5.41) is 19.8. The quantitative estimate of drug-likeness (QED) is 0.652.